The minimum atomic E-state index is -0.515. The van der Waals surface area contributed by atoms with Crippen LogP contribution in [0.15, 0.2) is 77.6 Å². The van der Waals surface area contributed by atoms with Crippen molar-refractivity contribution in [3.63, 3.8) is 0 Å². The second-order valence-electron chi connectivity index (χ2n) is 7.33. The van der Waals surface area contributed by atoms with E-state index in [4.69, 9.17) is 9.47 Å². The Balaban J connectivity index is 1.69. The second kappa shape index (κ2) is 9.44. The highest BCUT2D eigenvalue weighted by molar-refractivity contribution is 5.95. The van der Waals surface area contributed by atoms with Crippen LogP contribution in [0.4, 0.5) is 17.2 Å². The number of ether oxygens (including phenoxy) is 2. The van der Waals surface area contributed by atoms with E-state index in [1.165, 1.54) is 11.7 Å². The fraction of sp³-hybridized carbons (Fsp3) is 0.160. The first-order valence-corrected chi connectivity index (χ1v) is 10.3. The Labute approximate surface area is 191 Å². The number of methoxy groups -OCH3 is 2. The summed E-state index contributed by atoms with van der Waals surface area (Å²) in [7, 11) is 4.91. The van der Waals surface area contributed by atoms with Gasteiger partial charge in [0.2, 0.25) is 5.91 Å². The summed E-state index contributed by atoms with van der Waals surface area (Å²) in [5.41, 5.74) is 1.45. The van der Waals surface area contributed by atoms with Crippen LogP contribution in [0.3, 0.4) is 0 Å². The third kappa shape index (κ3) is 4.50. The lowest BCUT2D eigenvalue weighted by Gasteiger charge is -2.21. The van der Waals surface area contributed by atoms with Crippen molar-refractivity contribution >= 4 is 34.0 Å². The second-order valence-corrected chi connectivity index (χ2v) is 7.33. The number of carbonyl (C=O) groups excluding carboxylic acids is 1. The predicted molar refractivity (Wildman–Crippen MR) is 129 cm³/mol. The fourth-order valence-corrected chi connectivity index (χ4v) is 3.64. The van der Waals surface area contributed by atoms with E-state index in [1.807, 2.05) is 60.5 Å². The number of aromatic nitrogens is 2. The number of hydrogen-bond acceptors (Lipinski definition) is 6. The molecule has 0 aliphatic heterocycles. The third-order valence-electron chi connectivity index (χ3n) is 5.31. The van der Waals surface area contributed by atoms with E-state index < -0.39 is 5.69 Å². The smallest absolute Gasteiger partial charge is 0.350 e. The number of benzene rings is 3. The molecule has 0 saturated carbocycles. The van der Waals surface area contributed by atoms with Gasteiger partial charge < -0.3 is 19.7 Å². The van der Waals surface area contributed by atoms with Crippen molar-refractivity contribution in [1.82, 2.24) is 9.55 Å². The molecule has 4 aromatic rings. The predicted octanol–water partition coefficient (Wildman–Crippen LogP) is 3.82. The molecule has 1 heterocycles. The van der Waals surface area contributed by atoms with Gasteiger partial charge in [-0.05, 0) is 36.4 Å². The average molecular weight is 444 g/mol. The molecule has 33 heavy (non-hydrogen) atoms. The zero-order valence-electron chi connectivity index (χ0n) is 18.6. The largest absolute Gasteiger partial charge is 0.497 e. The van der Waals surface area contributed by atoms with Gasteiger partial charge in [-0.2, -0.15) is 4.98 Å². The fourth-order valence-electron chi connectivity index (χ4n) is 3.64. The molecule has 0 fully saturated rings. The maximum atomic E-state index is 13.0. The van der Waals surface area contributed by atoms with Crippen molar-refractivity contribution in [3.05, 3.63) is 83.3 Å². The highest BCUT2D eigenvalue weighted by atomic mass is 16.5. The molecular weight excluding hydrogens is 420 g/mol. The van der Waals surface area contributed by atoms with Gasteiger partial charge in [-0.1, -0.05) is 30.3 Å². The normalized spacial score (nSPS) is 10.6. The maximum Gasteiger partial charge on any atom is 0.350 e. The summed E-state index contributed by atoms with van der Waals surface area (Å²) in [5, 5.41) is 3.56. The summed E-state index contributed by atoms with van der Waals surface area (Å²) in [6, 6.07) is 22.1. The van der Waals surface area contributed by atoms with Crippen LogP contribution >= 0.6 is 0 Å². The average Bonchev–Trinajstić information content (AvgIpc) is 2.85. The molecule has 4 rings (SSSR count). The number of amides is 1. The van der Waals surface area contributed by atoms with Gasteiger partial charge in [-0.15, -0.1) is 0 Å². The zero-order valence-corrected chi connectivity index (χ0v) is 18.6. The van der Waals surface area contributed by atoms with E-state index in [2.05, 4.69) is 10.3 Å². The summed E-state index contributed by atoms with van der Waals surface area (Å²) in [5.74, 6) is 1.19. The first kappa shape index (κ1) is 21.9. The van der Waals surface area contributed by atoms with E-state index in [1.54, 1.807) is 31.4 Å². The lowest BCUT2D eigenvalue weighted by molar-refractivity contribution is -0.116. The molecule has 1 N–H and O–H groups in total. The Kier molecular flexibility index (Phi) is 6.26. The highest BCUT2D eigenvalue weighted by Crippen LogP contribution is 2.30. The van der Waals surface area contributed by atoms with Crippen LogP contribution < -0.4 is 25.4 Å². The van der Waals surface area contributed by atoms with Crippen molar-refractivity contribution in [2.45, 2.75) is 6.54 Å². The molecule has 0 radical (unpaired) electrons. The van der Waals surface area contributed by atoms with Crippen LogP contribution in [0.2, 0.25) is 0 Å². The van der Waals surface area contributed by atoms with E-state index in [0.717, 1.165) is 11.1 Å². The van der Waals surface area contributed by atoms with E-state index in [0.29, 0.717) is 28.5 Å². The van der Waals surface area contributed by atoms with E-state index in [-0.39, 0.29) is 12.5 Å². The number of para-hydroxylation sites is 2. The monoisotopic (exact) mass is 444 g/mol. The van der Waals surface area contributed by atoms with Crippen molar-refractivity contribution < 1.29 is 14.3 Å². The molecule has 0 unspecified atom stereocenters. The minimum absolute atomic E-state index is 0.206. The summed E-state index contributed by atoms with van der Waals surface area (Å²) in [6.07, 6.45) is 0. The Morgan fingerprint density at radius 3 is 2.45 bits per heavy atom. The van der Waals surface area contributed by atoms with Gasteiger partial charge in [0.05, 0.1) is 25.4 Å². The van der Waals surface area contributed by atoms with Gasteiger partial charge in [0.1, 0.15) is 23.9 Å². The summed E-state index contributed by atoms with van der Waals surface area (Å²) in [4.78, 5) is 32.0. The highest BCUT2D eigenvalue weighted by Gasteiger charge is 2.17. The first-order valence-electron chi connectivity index (χ1n) is 10.3. The van der Waals surface area contributed by atoms with Crippen molar-refractivity contribution in [1.29, 1.82) is 0 Å². The maximum absolute atomic E-state index is 13.0. The van der Waals surface area contributed by atoms with Gasteiger partial charge in [-0.25, -0.2) is 4.79 Å². The molecule has 0 saturated heterocycles. The van der Waals surface area contributed by atoms with Gasteiger partial charge in [0.15, 0.2) is 0 Å². The van der Waals surface area contributed by atoms with Crippen molar-refractivity contribution in [2.24, 2.45) is 0 Å². The molecule has 0 aliphatic carbocycles. The molecule has 0 bridgehead atoms. The molecule has 168 valence electrons. The lowest BCUT2D eigenvalue weighted by Crippen LogP contribution is -2.31. The quantitative estimate of drug-likeness (QED) is 0.466. The van der Waals surface area contributed by atoms with Crippen LogP contribution in [0.1, 0.15) is 0 Å². The first-order chi connectivity index (χ1) is 16.0. The molecular formula is C25H24N4O4. The van der Waals surface area contributed by atoms with Crippen molar-refractivity contribution in [3.8, 4) is 11.5 Å². The molecule has 0 atom stereocenters. The molecule has 8 nitrogen and oxygen atoms in total. The van der Waals surface area contributed by atoms with Gasteiger partial charge in [0, 0.05) is 24.2 Å². The number of rotatable bonds is 7. The Bertz CT molecular complexity index is 1350. The molecule has 0 aliphatic rings. The molecule has 3 aromatic carbocycles. The minimum Gasteiger partial charge on any atom is -0.497 e. The summed E-state index contributed by atoms with van der Waals surface area (Å²) >= 11 is 0. The Morgan fingerprint density at radius 2 is 1.73 bits per heavy atom. The molecule has 1 amide bonds. The number of nitrogens with one attached hydrogen (secondary N) is 1. The summed E-state index contributed by atoms with van der Waals surface area (Å²) < 4.78 is 11.9. The third-order valence-corrected chi connectivity index (χ3v) is 5.31. The van der Waals surface area contributed by atoms with E-state index >= 15 is 0 Å². The number of hydrogen-bond donors (Lipinski definition) is 1. The van der Waals surface area contributed by atoms with Crippen LogP contribution in [0.5, 0.6) is 11.5 Å². The van der Waals surface area contributed by atoms with Gasteiger partial charge >= 0.3 is 5.69 Å². The molecule has 1 aromatic heterocycles. The van der Waals surface area contributed by atoms with Crippen LogP contribution in [0, 0.1) is 0 Å². The Morgan fingerprint density at radius 1 is 1.00 bits per heavy atom. The van der Waals surface area contributed by atoms with E-state index in [9.17, 15) is 9.59 Å². The van der Waals surface area contributed by atoms with Crippen LogP contribution in [-0.2, 0) is 11.3 Å². The number of anilines is 3. The topological polar surface area (TPSA) is 85.7 Å². The number of carbonyl (C=O) groups is 1. The van der Waals surface area contributed by atoms with Crippen LogP contribution in [-0.4, -0.2) is 36.7 Å². The molecule has 0 spiro atoms. The van der Waals surface area contributed by atoms with Crippen LogP contribution in [0.25, 0.3) is 10.9 Å². The molecule has 8 heteroatoms. The standard InChI is InChI=1S/C25H24N4O4/c1-28(17-9-5-4-6-10-17)24-19-11-7-8-12-21(19)29(25(31)27-24)16-23(30)26-20-15-18(32-2)13-14-22(20)33-3/h4-15H,16H2,1-3H3,(H,26,30). The summed E-state index contributed by atoms with van der Waals surface area (Å²) in [6.45, 7) is -0.206. The lowest BCUT2D eigenvalue weighted by atomic mass is 10.2. The zero-order chi connectivity index (χ0) is 23.4. The number of fused-ring (bicyclic) bond motifs is 1. The van der Waals surface area contributed by atoms with Crippen molar-refractivity contribution in [2.75, 3.05) is 31.5 Å². The number of nitrogens with zero attached hydrogens (tertiary/aromatic N) is 3. The van der Waals surface area contributed by atoms with Gasteiger partial charge in [0.25, 0.3) is 0 Å². The SMILES string of the molecule is COc1ccc(OC)c(NC(=O)Cn2c(=O)nc(N(C)c3ccccc3)c3ccccc32)c1. The Hall–Kier alpha value is -4.33. The van der Waals surface area contributed by atoms with Gasteiger partial charge in [-0.3, -0.25) is 9.36 Å².